The zero-order valence-electron chi connectivity index (χ0n) is 19.1. The van der Waals surface area contributed by atoms with E-state index >= 15 is 0 Å². The van der Waals surface area contributed by atoms with Gasteiger partial charge in [-0.3, -0.25) is 9.69 Å². The van der Waals surface area contributed by atoms with E-state index in [-0.39, 0.29) is 5.91 Å². The number of carbonyl (C=O) groups excluding carboxylic acids is 1. The molecule has 168 valence electrons. The fraction of sp³-hybridized carbons (Fsp3) is 0.400. The lowest BCUT2D eigenvalue weighted by Gasteiger charge is -2.20. The molecule has 0 unspecified atom stereocenters. The molecule has 3 aromatic rings. The minimum atomic E-state index is -0.0946. The van der Waals surface area contributed by atoms with E-state index in [0.29, 0.717) is 18.5 Å². The molecular weight excluding hydrogens is 402 g/mol. The van der Waals surface area contributed by atoms with Crippen LogP contribution in [0.4, 0.5) is 0 Å². The molecule has 0 aliphatic carbocycles. The number of carbonyl (C=O) groups is 1. The molecule has 1 N–H and O–H groups in total. The van der Waals surface area contributed by atoms with Crippen LogP contribution < -0.4 is 10.1 Å². The fourth-order valence-electron chi connectivity index (χ4n) is 4.06. The largest absolute Gasteiger partial charge is 0.497 e. The summed E-state index contributed by atoms with van der Waals surface area (Å²) in [5.41, 5.74) is 4.65. The third kappa shape index (κ3) is 5.16. The van der Waals surface area contributed by atoms with Crippen LogP contribution in [0.3, 0.4) is 0 Å². The lowest BCUT2D eigenvalue weighted by molar-refractivity contribution is 0.0954. The second kappa shape index (κ2) is 9.96. The number of hydrogen-bond donors (Lipinski definition) is 1. The van der Waals surface area contributed by atoms with Crippen LogP contribution in [0.25, 0.3) is 0 Å². The smallest absolute Gasteiger partial charge is 0.251 e. The molecule has 2 aromatic carbocycles. The lowest BCUT2D eigenvalue weighted by atomic mass is 10.1. The summed E-state index contributed by atoms with van der Waals surface area (Å²) in [6.07, 6.45) is 1.54. The maximum absolute atomic E-state index is 12.4. The molecule has 0 spiro atoms. The van der Waals surface area contributed by atoms with Gasteiger partial charge in [-0.2, -0.15) is 0 Å². The van der Waals surface area contributed by atoms with Crippen LogP contribution >= 0.6 is 0 Å². The molecule has 32 heavy (non-hydrogen) atoms. The number of nitrogens with one attached hydrogen (secondary N) is 1. The van der Waals surface area contributed by atoms with Crippen molar-refractivity contribution in [2.45, 2.75) is 39.8 Å². The van der Waals surface area contributed by atoms with Crippen LogP contribution in [0.15, 0.2) is 42.5 Å². The zero-order valence-corrected chi connectivity index (χ0v) is 19.1. The van der Waals surface area contributed by atoms with E-state index in [1.54, 1.807) is 31.4 Å². The van der Waals surface area contributed by atoms with Crippen LogP contribution in [-0.4, -0.2) is 52.3 Å². The monoisotopic (exact) mass is 433 g/mol. The maximum atomic E-state index is 12.4. The number of rotatable bonds is 7. The van der Waals surface area contributed by atoms with Gasteiger partial charge in [-0.05, 0) is 54.8 Å². The minimum absolute atomic E-state index is 0.0946. The Hall–Kier alpha value is -3.19. The van der Waals surface area contributed by atoms with Gasteiger partial charge in [-0.15, -0.1) is 10.2 Å². The lowest BCUT2D eigenvalue weighted by Crippen LogP contribution is -2.28. The normalized spacial score (nSPS) is 14.0. The number of nitrogens with zero attached hydrogens (tertiary/aromatic N) is 4. The molecule has 0 atom stereocenters. The summed E-state index contributed by atoms with van der Waals surface area (Å²) < 4.78 is 7.36. The van der Waals surface area contributed by atoms with Crippen LogP contribution in [0.2, 0.25) is 0 Å². The third-order valence-corrected chi connectivity index (χ3v) is 6.16. The van der Waals surface area contributed by atoms with E-state index in [1.807, 2.05) is 0 Å². The van der Waals surface area contributed by atoms with Crippen LogP contribution in [0.1, 0.15) is 38.7 Å². The summed E-state index contributed by atoms with van der Waals surface area (Å²) in [6, 6.07) is 13.8. The van der Waals surface area contributed by atoms with Crippen molar-refractivity contribution in [1.29, 1.82) is 0 Å². The number of amides is 1. The Labute approximate surface area is 189 Å². The van der Waals surface area contributed by atoms with Gasteiger partial charge < -0.3 is 14.6 Å². The SMILES string of the molecule is COc1ccc(C(=O)NCCc2nnc3n2CCN(Cc2ccc(C)c(C)c2)CC3)cc1. The number of ether oxygens (including phenoxy) is 1. The maximum Gasteiger partial charge on any atom is 0.251 e. The molecule has 1 aliphatic rings. The Morgan fingerprint density at radius 1 is 1.03 bits per heavy atom. The Bertz CT molecular complexity index is 1070. The first kappa shape index (κ1) is 22.0. The van der Waals surface area contributed by atoms with E-state index in [0.717, 1.165) is 50.0 Å². The summed E-state index contributed by atoms with van der Waals surface area (Å²) in [6.45, 7) is 8.60. The topological polar surface area (TPSA) is 72.3 Å². The fourth-order valence-corrected chi connectivity index (χ4v) is 4.06. The van der Waals surface area contributed by atoms with Gasteiger partial charge in [-0.25, -0.2) is 0 Å². The molecular formula is C25H31N5O2. The van der Waals surface area contributed by atoms with Gasteiger partial charge in [0.15, 0.2) is 0 Å². The van der Waals surface area contributed by atoms with Gasteiger partial charge in [0.2, 0.25) is 0 Å². The molecule has 0 saturated carbocycles. The molecule has 0 fully saturated rings. The average molecular weight is 434 g/mol. The predicted octanol–water partition coefficient (Wildman–Crippen LogP) is 2.93. The highest BCUT2D eigenvalue weighted by Gasteiger charge is 2.19. The Morgan fingerprint density at radius 3 is 2.59 bits per heavy atom. The number of methoxy groups -OCH3 is 1. The van der Waals surface area contributed by atoms with Gasteiger partial charge in [0.1, 0.15) is 17.4 Å². The Kier molecular flexibility index (Phi) is 6.85. The van der Waals surface area contributed by atoms with Crippen LogP contribution in [0.5, 0.6) is 5.75 Å². The average Bonchev–Trinajstić information content (AvgIpc) is 3.08. The van der Waals surface area contributed by atoms with Crippen molar-refractivity contribution in [1.82, 2.24) is 25.0 Å². The van der Waals surface area contributed by atoms with Crippen molar-refractivity contribution in [3.05, 3.63) is 76.4 Å². The van der Waals surface area contributed by atoms with Crippen molar-refractivity contribution < 1.29 is 9.53 Å². The van der Waals surface area contributed by atoms with Gasteiger partial charge in [-0.1, -0.05) is 18.2 Å². The Balaban J connectivity index is 1.30. The van der Waals surface area contributed by atoms with Gasteiger partial charge in [0, 0.05) is 51.1 Å². The molecule has 7 nitrogen and oxygen atoms in total. The summed E-state index contributed by atoms with van der Waals surface area (Å²) in [4.78, 5) is 14.9. The molecule has 7 heteroatoms. The number of aryl methyl sites for hydroxylation is 2. The van der Waals surface area contributed by atoms with E-state index in [9.17, 15) is 4.79 Å². The van der Waals surface area contributed by atoms with Gasteiger partial charge in [0.05, 0.1) is 7.11 Å². The van der Waals surface area contributed by atoms with E-state index < -0.39 is 0 Å². The molecule has 2 heterocycles. The molecule has 1 amide bonds. The second-order valence-electron chi connectivity index (χ2n) is 8.36. The summed E-state index contributed by atoms with van der Waals surface area (Å²) in [7, 11) is 1.61. The highest BCUT2D eigenvalue weighted by molar-refractivity contribution is 5.94. The number of hydrogen-bond acceptors (Lipinski definition) is 5. The number of aromatic nitrogens is 3. The highest BCUT2D eigenvalue weighted by atomic mass is 16.5. The first-order valence-corrected chi connectivity index (χ1v) is 11.1. The minimum Gasteiger partial charge on any atom is -0.497 e. The molecule has 1 aliphatic heterocycles. The molecule has 1 aromatic heterocycles. The first-order chi connectivity index (χ1) is 15.5. The van der Waals surface area contributed by atoms with Crippen molar-refractivity contribution in [3.8, 4) is 5.75 Å². The van der Waals surface area contributed by atoms with Gasteiger partial charge in [0.25, 0.3) is 5.91 Å². The summed E-state index contributed by atoms with van der Waals surface area (Å²) in [5, 5.41) is 11.8. The predicted molar refractivity (Wildman–Crippen MR) is 124 cm³/mol. The quantitative estimate of drug-likeness (QED) is 0.620. The molecule has 4 rings (SSSR count). The van der Waals surface area contributed by atoms with Crippen LogP contribution in [0, 0.1) is 13.8 Å². The van der Waals surface area contributed by atoms with Crippen LogP contribution in [-0.2, 0) is 25.9 Å². The van der Waals surface area contributed by atoms with Crippen molar-refractivity contribution in [3.63, 3.8) is 0 Å². The van der Waals surface area contributed by atoms with Gasteiger partial charge >= 0.3 is 0 Å². The first-order valence-electron chi connectivity index (χ1n) is 11.1. The summed E-state index contributed by atoms with van der Waals surface area (Å²) >= 11 is 0. The molecule has 0 saturated heterocycles. The Morgan fingerprint density at radius 2 is 1.84 bits per heavy atom. The van der Waals surface area contributed by atoms with Crippen molar-refractivity contribution in [2.75, 3.05) is 26.7 Å². The van der Waals surface area contributed by atoms with E-state index in [4.69, 9.17) is 4.74 Å². The number of fused-ring (bicyclic) bond motifs is 1. The molecule has 0 bridgehead atoms. The van der Waals surface area contributed by atoms with Crippen molar-refractivity contribution in [2.24, 2.45) is 0 Å². The zero-order chi connectivity index (χ0) is 22.5. The molecule has 0 radical (unpaired) electrons. The standard InChI is InChI=1S/C25H31N5O2/c1-18-4-5-20(16-19(18)2)17-29-13-11-24-28-27-23(30(24)15-14-29)10-12-26-25(31)21-6-8-22(32-3)9-7-21/h4-9,16H,10-15,17H2,1-3H3,(H,26,31). The third-order valence-electron chi connectivity index (χ3n) is 6.16. The highest BCUT2D eigenvalue weighted by Crippen LogP contribution is 2.16. The van der Waals surface area contributed by atoms with E-state index in [1.165, 1.54) is 16.7 Å². The second-order valence-corrected chi connectivity index (χ2v) is 8.36. The van der Waals surface area contributed by atoms with E-state index in [2.05, 4.69) is 57.0 Å². The summed E-state index contributed by atoms with van der Waals surface area (Å²) in [5.74, 6) is 2.61. The van der Waals surface area contributed by atoms with Crippen molar-refractivity contribution >= 4 is 5.91 Å². The number of benzene rings is 2.